The Morgan fingerprint density at radius 2 is 2.00 bits per heavy atom. The van der Waals surface area contributed by atoms with E-state index in [4.69, 9.17) is 11.6 Å². The summed E-state index contributed by atoms with van der Waals surface area (Å²) in [4.78, 5) is 30.9. The number of amides is 1. The number of benzene rings is 1. The number of hydrogen-bond acceptors (Lipinski definition) is 4. The van der Waals surface area contributed by atoms with Crippen LogP contribution >= 0.6 is 11.6 Å². The zero-order chi connectivity index (χ0) is 20.9. The van der Waals surface area contributed by atoms with Gasteiger partial charge in [0.15, 0.2) is 5.82 Å². The Morgan fingerprint density at radius 3 is 2.69 bits per heavy atom. The molecule has 0 unspecified atom stereocenters. The number of carbonyl (C=O) groups excluding carboxylic acids is 1. The fourth-order valence-corrected chi connectivity index (χ4v) is 3.53. The van der Waals surface area contributed by atoms with Gasteiger partial charge in [-0.25, -0.2) is 4.98 Å². The molecule has 0 bridgehead atoms. The Morgan fingerprint density at radius 1 is 1.24 bits per heavy atom. The summed E-state index contributed by atoms with van der Waals surface area (Å²) in [5.41, 5.74) is 1.01. The number of likely N-dealkylation sites (N-methyl/N-ethyl adjacent to an activating group) is 1. The topological polar surface area (TPSA) is 73.0 Å². The van der Waals surface area contributed by atoms with E-state index in [-0.39, 0.29) is 18.1 Å². The number of nitrogens with zero attached hydrogens (tertiary/aromatic N) is 5. The maximum atomic E-state index is 13.7. The second-order valence-corrected chi connectivity index (χ2v) is 7.33. The van der Waals surface area contributed by atoms with E-state index in [2.05, 4.69) is 10.1 Å². The Balaban J connectivity index is 2.13. The molecular formula is C20H17ClFN5O2. The zero-order valence-corrected chi connectivity index (χ0v) is 16.7. The van der Waals surface area contributed by atoms with Crippen LogP contribution in [0.4, 0.5) is 4.39 Å². The van der Waals surface area contributed by atoms with Crippen molar-refractivity contribution in [1.82, 2.24) is 24.2 Å². The molecule has 0 aliphatic rings. The van der Waals surface area contributed by atoms with E-state index in [9.17, 15) is 14.0 Å². The summed E-state index contributed by atoms with van der Waals surface area (Å²) in [5.74, 6) is -0.869. The van der Waals surface area contributed by atoms with Gasteiger partial charge in [-0.05, 0) is 24.3 Å². The molecule has 29 heavy (non-hydrogen) atoms. The van der Waals surface area contributed by atoms with Crippen molar-refractivity contribution in [3.63, 3.8) is 0 Å². The molecule has 1 amide bonds. The van der Waals surface area contributed by atoms with Gasteiger partial charge in [-0.15, -0.1) is 0 Å². The van der Waals surface area contributed by atoms with Crippen LogP contribution in [0.2, 0.25) is 5.02 Å². The monoisotopic (exact) mass is 412 g/mol. The second kappa shape index (κ2) is 6.97. The highest BCUT2D eigenvalue weighted by Gasteiger charge is 2.22. The van der Waals surface area contributed by atoms with Crippen molar-refractivity contribution in [2.75, 3.05) is 14.1 Å². The fourth-order valence-electron chi connectivity index (χ4n) is 3.36. The molecule has 0 atom stereocenters. The molecule has 0 spiro atoms. The number of carbonyl (C=O) groups is 1. The van der Waals surface area contributed by atoms with E-state index in [1.165, 1.54) is 23.1 Å². The van der Waals surface area contributed by atoms with Gasteiger partial charge in [0, 0.05) is 36.9 Å². The third kappa shape index (κ3) is 3.15. The zero-order valence-electron chi connectivity index (χ0n) is 16.0. The molecular weight excluding hydrogens is 396 g/mol. The largest absolute Gasteiger partial charge is 0.348 e. The molecule has 4 rings (SSSR count). The Hall–Kier alpha value is -3.26. The number of aryl methyl sites for hydroxylation is 1. The summed E-state index contributed by atoms with van der Waals surface area (Å²) in [6.45, 7) is 0. The van der Waals surface area contributed by atoms with Gasteiger partial charge in [0.1, 0.15) is 5.52 Å². The fraction of sp³-hybridized carbons (Fsp3) is 0.200. The van der Waals surface area contributed by atoms with Crippen LogP contribution in [0.15, 0.2) is 41.2 Å². The van der Waals surface area contributed by atoms with Gasteiger partial charge in [0.2, 0.25) is 11.9 Å². The van der Waals surface area contributed by atoms with Gasteiger partial charge in [-0.2, -0.15) is 14.2 Å². The van der Waals surface area contributed by atoms with Crippen molar-refractivity contribution in [3.05, 3.63) is 63.4 Å². The lowest BCUT2D eigenvalue weighted by molar-refractivity contribution is -0.128. The standard InChI is InChI=1S/C20H17ClFN5O2/c1-25(2)17(28)10-13-18-12-8-7-11(21)9-14(12)26(3)19(18)20(29)27(24-13)16-6-4-5-15(22)23-16/h4-9H,10H2,1-3H3/i22-1. The number of pyridine rings is 1. The van der Waals surface area contributed by atoms with Gasteiger partial charge < -0.3 is 9.47 Å². The van der Waals surface area contributed by atoms with Gasteiger partial charge in [-0.1, -0.05) is 23.7 Å². The van der Waals surface area contributed by atoms with Crippen molar-refractivity contribution in [2.45, 2.75) is 6.42 Å². The van der Waals surface area contributed by atoms with Crippen LogP contribution in [0, 0.1) is 5.95 Å². The lowest BCUT2D eigenvalue weighted by Gasteiger charge is -2.12. The summed E-state index contributed by atoms with van der Waals surface area (Å²) >= 11 is 6.14. The first kappa shape index (κ1) is 19.1. The normalized spacial score (nSPS) is 11.3. The highest BCUT2D eigenvalue weighted by molar-refractivity contribution is 6.31. The molecule has 4 aromatic rings. The van der Waals surface area contributed by atoms with E-state index in [0.29, 0.717) is 21.6 Å². The van der Waals surface area contributed by atoms with Crippen LogP contribution in [-0.2, 0) is 18.3 Å². The average molecular weight is 413 g/mol. The van der Waals surface area contributed by atoms with Crippen LogP contribution in [0.3, 0.4) is 0 Å². The predicted octanol–water partition coefficient (Wildman–Crippen LogP) is 2.70. The van der Waals surface area contributed by atoms with E-state index in [1.54, 1.807) is 43.9 Å². The maximum Gasteiger partial charge on any atom is 0.297 e. The Bertz CT molecular complexity index is 1340. The van der Waals surface area contributed by atoms with Crippen LogP contribution in [-0.4, -0.2) is 44.2 Å². The van der Waals surface area contributed by atoms with Gasteiger partial charge in [0.25, 0.3) is 5.56 Å². The summed E-state index contributed by atoms with van der Waals surface area (Å²) < 4.78 is 16.4. The minimum absolute atomic E-state index is 0.0269. The van der Waals surface area contributed by atoms with Crippen LogP contribution in [0.1, 0.15) is 5.69 Å². The lowest BCUT2D eigenvalue weighted by atomic mass is 10.1. The minimum atomic E-state index is -0.731. The third-order valence-corrected chi connectivity index (χ3v) is 5.04. The molecule has 0 saturated carbocycles. The predicted molar refractivity (Wildman–Crippen MR) is 109 cm³/mol. The number of halogens is 2. The highest BCUT2D eigenvalue weighted by Crippen LogP contribution is 2.30. The van der Waals surface area contributed by atoms with Crippen LogP contribution in [0.5, 0.6) is 0 Å². The quantitative estimate of drug-likeness (QED) is 0.485. The number of fused-ring (bicyclic) bond motifs is 3. The molecule has 9 heteroatoms. The maximum absolute atomic E-state index is 13.7. The van der Waals surface area contributed by atoms with Crippen LogP contribution in [0.25, 0.3) is 27.6 Å². The summed E-state index contributed by atoms with van der Waals surface area (Å²) in [5, 5.41) is 6.26. The van der Waals surface area contributed by atoms with Crippen LogP contribution < -0.4 is 5.56 Å². The molecule has 3 aromatic heterocycles. The summed E-state index contributed by atoms with van der Waals surface area (Å²) in [6.07, 6.45) is -0.0269. The van der Waals surface area contributed by atoms with Crippen molar-refractivity contribution in [1.29, 1.82) is 0 Å². The molecule has 0 aliphatic heterocycles. The first-order valence-electron chi connectivity index (χ1n) is 8.81. The second-order valence-electron chi connectivity index (χ2n) is 6.89. The first-order valence-corrected chi connectivity index (χ1v) is 9.18. The molecule has 1 aromatic carbocycles. The number of aromatic nitrogens is 4. The van der Waals surface area contributed by atoms with Crippen molar-refractivity contribution in [3.8, 4) is 5.82 Å². The van der Waals surface area contributed by atoms with Crippen molar-refractivity contribution in [2.24, 2.45) is 7.05 Å². The molecule has 3 heterocycles. The van der Waals surface area contributed by atoms with E-state index >= 15 is 0 Å². The lowest BCUT2D eigenvalue weighted by Crippen LogP contribution is -2.28. The first-order chi connectivity index (χ1) is 13.8. The molecule has 0 fully saturated rings. The number of hydrogen-bond donors (Lipinski definition) is 0. The third-order valence-electron chi connectivity index (χ3n) is 4.80. The molecule has 7 nitrogen and oxygen atoms in total. The van der Waals surface area contributed by atoms with Crippen molar-refractivity contribution < 1.29 is 9.18 Å². The summed E-state index contributed by atoms with van der Waals surface area (Å²) in [6, 6.07) is 9.39. The van der Waals surface area contributed by atoms with E-state index in [0.717, 1.165) is 15.6 Å². The molecule has 0 N–H and O–H groups in total. The molecule has 0 aliphatic carbocycles. The smallest absolute Gasteiger partial charge is 0.297 e. The number of rotatable bonds is 3. The minimum Gasteiger partial charge on any atom is -0.348 e. The van der Waals surface area contributed by atoms with Gasteiger partial charge in [-0.3, -0.25) is 9.59 Å². The van der Waals surface area contributed by atoms with Gasteiger partial charge >= 0.3 is 0 Å². The molecule has 0 radical (unpaired) electrons. The van der Waals surface area contributed by atoms with Crippen molar-refractivity contribution >= 4 is 39.3 Å². The summed E-state index contributed by atoms with van der Waals surface area (Å²) in [7, 11) is 5.03. The molecule has 148 valence electrons. The van der Waals surface area contributed by atoms with Gasteiger partial charge in [0.05, 0.1) is 17.6 Å². The SMILES string of the molecule is CN(C)C(=O)Cc1nn(-c2cccc([18F])n2)c(=O)c2c1c1ccc(Cl)cc1n2C. The molecule has 0 saturated heterocycles. The Labute approximate surface area is 169 Å². The highest BCUT2D eigenvalue weighted by atomic mass is 35.5. The Kier molecular flexibility index (Phi) is 4.58. The van der Waals surface area contributed by atoms with E-state index < -0.39 is 11.5 Å². The van der Waals surface area contributed by atoms with E-state index in [1.807, 2.05) is 0 Å². The average Bonchev–Trinajstić information content (AvgIpc) is 2.96.